The fourth-order valence-electron chi connectivity index (χ4n) is 2.74. The molecule has 0 unspecified atom stereocenters. The van der Waals surface area contributed by atoms with E-state index in [1.807, 2.05) is 0 Å². The number of hydrogen-bond acceptors (Lipinski definition) is 3. The first-order valence-electron chi connectivity index (χ1n) is 7.49. The molecular weight excluding hydrogens is 304 g/mol. The topological polar surface area (TPSA) is 81.4 Å². The van der Waals surface area contributed by atoms with Crippen molar-refractivity contribution < 1.29 is 14.3 Å². The molecule has 3 N–H and O–H groups in total. The van der Waals surface area contributed by atoms with E-state index in [9.17, 15) is 9.59 Å². The maximum absolute atomic E-state index is 12.0. The van der Waals surface area contributed by atoms with Gasteiger partial charge in [0.1, 0.15) is 5.75 Å². The van der Waals surface area contributed by atoms with Gasteiger partial charge < -0.3 is 15.8 Å². The predicted molar refractivity (Wildman–Crippen MR) is 85.0 cm³/mol. The lowest BCUT2D eigenvalue weighted by molar-refractivity contribution is -0.124. The van der Waals surface area contributed by atoms with Crippen LogP contribution in [0.2, 0.25) is 5.02 Å². The number of rotatable bonds is 5. The molecule has 0 heterocycles. The molecule has 1 fully saturated rings. The van der Waals surface area contributed by atoms with E-state index in [2.05, 4.69) is 12.2 Å². The van der Waals surface area contributed by atoms with Gasteiger partial charge in [-0.25, -0.2) is 0 Å². The fourth-order valence-corrected chi connectivity index (χ4v) is 2.90. The normalized spacial score (nSPS) is 21.2. The molecule has 0 spiro atoms. The van der Waals surface area contributed by atoms with Gasteiger partial charge in [0.25, 0.3) is 11.8 Å². The first kappa shape index (κ1) is 16.6. The van der Waals surface area contributed by atoms with E-state index in [-0.39, 0.29) is 29.9 Å². The third-order valence-corrected chi connectivity index (χ3v) is 4.26. The second-order valence-corrected chi connectivity index (χ2v) is 6.17. The zero-order valence-electron chi connectivity index (χ0n) is 12.6. The molecule has 22 heavy (non-hydrogen) atoms. The van der Waals surface area contributed by atoms with Crippen LogP contribution in [-0.4, -0.2) is 24.5 Å². The molecule has 0 radical (unpaired) electrons. The van der Waals surface area contributed by atoms with Gasteiger partial charge in [0.2, 0.25) is 0 Å². The van der Waals surface area contributed by atoms with E-state index in [0.29, 0.717) is 10.9 Å². The minimum atomic E-state index is -0.618. The average Bonchev–Trinajstić information content (AvgIpc) is 2.47. The van der Waals surface area contributed by atoms with Crippen molar-refractivity contribution in [3.05, 3.63) is 28.8 Å². The number of hydrogen-bond donors (Lipinski definition) is 2. The number of carbonyl (C=O) groups is 2. The van der Waals surface area contributed by atoms with Gasteiger partial charge in [0.15, 0.2) is 6.61 Å². The van der Waals surface area contributed by atoms with Crippen LogP contribution in [0.5, 0.6) is 5.75 Å². The Hall–Kier alpha value is -1.75. The smallest absolute Gasteiger partial charge is 0.258 e. The minimum absolute atomic E-state index is 0.163. The lowest BCUT2D eigenvalue weighted by Gasteiger charge is -2.29. The molecule has 0 aliphatic heterocycles. The molecule has 0 saturated heterocycles. The van der Waals surface area contributed by atoms with Crippen LogP contribution in [-0.2, 0) is 4.79 Å². The van der Waals surface area contributed by atoms with Crippen LogP contribution >= 0.6 is 11.6 Å². The van der Waals surface area contributed by atoms with Crippen LogP contribution < -0.4 is 15.8 Å². The number of amides is 2. The highest BCUT2D eigenvalue weighted by Crippen LogP contribution is 2.24. The van der Waals surface area contributed by atoms with Crippen molar-refractivity contribution in [2.75, 3.05) is 6.61 Å². The molecule has 0 aromatic heterocycles. The molecule has 1 aliphatic rings. The summed E-state index contributed by atoms with van der Waals surface area (Å²) in [5.74, 6) is -0.112. The maximum Gasteiger partial charge on any atom is 0.258 e. The number of nitrogens with two attached hydrogens (primary N) is 1. The highest BCUT2D eigenvalue weighted by molar-refractivity contribution is 6.30. The molecule has 2 atom stereocenters. The highest BCUT2D eigenvalue weighted by Gasteiger charge is 2.23. The average molecular weight is 325 g/mol. The Balaban J connectivity index is 1.93. The number of halogens is 1. The molecule has 120 valence electrons. The Bertz CT molecular complexity index is 562. The largest absolute Gasteiger partial charge is 0.483 e. The van der Waals surface area contributed by atoms with Crippen LogP contribution in [0.3, 0.4) is 0 Å². The van der Waals surface area contributed by atoms with Crippen LogP contribution in [0.1, 0.15) is 43.0 Å². The summed E-state index contributed by atoms with van der Waals surface area (Å²) in [6, 6.07) is 4.72. The van der Waals surface area contributed by atoms with Crippen LogP contribution in [0.4, 0.5) is 0 Å². The van der Waals surface area contributed by atoms with Crippen LogP contribution in [0.15, 0.2) is 18.2 Å². The van der Waals surface area contributed by atoms with Crippen molar-refractivity contribution >= 4 is 23.4 Å². The third kappa shape index (κ3) is 4.37. The summed E-state index contributed by atoms with van der Waals surface area (Å²) in [4.78, 5) is 23.3. The van der Waals surface area contributed by atoms with Crippen molar-refractivity contribution in [2.45, 2.75) is 38.6 Å². The van der Waals surface area contributed by atoms with E-state index in [4.69, 9.17) is 22.1 Å². The first-order valence-corrected chi connectivity index (χ1v) is 7.86. The Morgan fingerprint density at radius 3 is 2.77 bits per heavy atom. The standard InChI is InChI=1S/C16H21ClN2O3/c1-10-4-2-3-5-13(10)19-15(20)9-22-14-8-11(17)6-7-12(14)16(18)21/h6-8,10,13H,2-5,9H2,1H3,(H2,18,21)(H,19,20)/t10-,13-/m1/s1. The Labute approximate surface area is 135 Å². The van der Waals surface area contributed by atoms with Crippen molar-refractivity contribution in [1.29, 1.82) is 0 Å². The van der Waals surface area contributed by atoms with Gasteiger partial charge in [-0.15, -0.1) is 0 Å². The van der Waals surface area contributed by atoms with Gasteiger partial charge in [-0.2, -0.15) is 0 Å². The quantitative estimate of drug-likeness (QED) is 0.873. The summed E-state index contributed by atoms with van der Waals surface area (Å²) in [5.41, 5.74) is 5.49. The van der Waals surface area contributed by atoms with Crippen molar-refractivity contribution in [3.63, 3.8) is 0 Å². The third-order valence-electron chi connectivity index (χ3n) is 4.03. The minimum Gasteiger partial charge on any atom is -0.483 e. The second-order valence-electron chi connectivity index (χ2n) is 5.73. The van der Waals surface area contributed by atoms with E-state index >= 15 is 0 Å². The number of ether oxygens (including phenoxy) is 1. The number of carbonyl (C=O) groups excluding carboxylic acids is 2. The van der Waals surface area contributed by atoms with E-state index in [0.717, 1.165) is 19.3 Å². The first-order chi connectivity index (χ1) is 10.5. The molecule has 2 amide bonds. The molecule has 0 bridgehead atoms. The molecule has 5 nitrogen and oxygen atoms in total. The molecule has 1 aromatic rings. The molecule has 1 aliphatic carbocycles. The lowest BCUT2D eigenvalue weighted by Crippen LogP contribution is -2.43. The fraction of sp³-hybridized carbons (Fsp3) is 0.500. The molecule has 1 aromatic carbocycles. The Morgan fingerprint density at radius 2 is 2.09 bits per heavy atom. The number of primary amides is 1. The summed E-state index contributed by atoms with van der Waals surface area (Å²) >= 11 is 5.88. The zero-order chi connectivity index (χ0) is 16.1. The highest BCUT2D eigenvalue weighted by atomic mass is 35.5. The molecule has 1 saturated carbocycles. The SMILES string of the molecule is C[C@@H]1CCCC[C@H]1NC(=O)COc1cc(Cl)ccc1C(N)=O. The van der Waals surface area contributed by atoms with Gasteiger partial charge in [0.05, 0.1) is 5.56 Å². The Morgan fingerprint density at radius 1 is 1.36 bits per heavy atom. The maximum atomic E-state index is 12.0. The molecule has 2 rings (SSSR count). The monoisotopic (exact) mass is 324 g/mol. The van der Waals surface area contributed by atoms with Crippen LogP contribution in [0, 0.1) is 5.92 Å². The summed E-state index contributed by atoms with van der Waals surface area (Å²) in [5, 5.41) is 3.41. The van der Waals surface area contributed by atoms with Crippen molar-refractivity contribution in [3.8, 4) is 5.75 Å². The Kier molecular flexibility index (Phi) is 5.66. The van der Waals surface area contributed by atoms with Gasteiger partial charge >= 0.3 is 0 Å². The summed E-state index contributed by atoms with van der Waals surface area (Å²) < 4.78 is 5.42. The van der Waals surface area contributed by atoms with Gasteiger partial charge in [0, 0.05) is 11.1 Å². The predicted octanol–water partition coefficient (Wildman–Crippen LogP) is 2.51. The van der Waals surface area contributed by atoms with Crippen LogP contribution in [0.25, 0.3) is 0 Å². The molecular formula is C16H21ClN2O3. The second kappa shape index (κ2) is 7.49. The summed E-state index contributed by atoms with van der Waals surface area (Å²) in [6.45, 7) is 1.98. The van der Waals surface area contributed by atoms with Gasteiger partial charge in [-0.05, 0) is 37.0 Å². The number of nitrogens with one attached hydrogen (secondary N) is 1. The zero-order valence-corrected chi connectivity index (χ0v) is 13.4. The summed E-state index contributed by atoms with van der Waals surface area (Å²) in [6.07, 6.45) is 4.48. The van der Waals surface area contributed by atoms with E-state index in [1.54, 1.807) is 6.07 Å². The van der Waals surface area contributed by atoms with Crippen molar-refractivity contribution in [2.24, 2.45) is 11.7 Å². The van der Waals surface area contributed by atoms with Gasteiger partial charge in [-0.3, -0.25) is 9.59 Å². The van der Waals surface area contributed by atoms with E-state index < -0.39 is 5.91 Å². The summed E-state index contributed by atoms with van der Waals surface area (Å²) in [7, 11) is 0. The number of benzene rings is 1. The molecule has 6 heteroatoms. The lowest BCUT2D eigenvalue weighted by atomic mass is 9.86. The van der Waals surface area contributed by atoms with Gasteiger partial charge in [-0.1, -0.05) is 31.4 Å². The van der Waals surface area contributed by atoms with E-state index in [1.165, 1.54) is 18.6 Å². The van der Waals surface area contributed by atoms with Crippen molar-refractivity contribution in [1.82, 2.24) is 5.32 Å².